The van der Waals surface area contributed by atoms with Gasteiger partial charge in [-0.1, -0.05) is 32.4 Å². The number of nitrogens with one attached hydrogen (secondary N) is 1. The Morgan fingerprint density at radius 2 is 2.10 bits per heavy atom. The van der Waals surface area contributed by atoms with Gasteiger partial charge in [0.2, 0.25) is 0 Å². The van der Waals surface area contributed by atoms with Crippen molar-refractivity contribution in [2.45, 2.75) is 31.2 Å². The number of nitro benzene ring substituents is 1. The van der Waals surface area contributed by atoms with E-state index in [1.54, 1.807) is 6.92 Å². The standard InChI is InChI=1S/C12H16N2O5S/c1-3-8(2)11(12(15)16)13-20(19)10-7-5-4-6-9(10)14(17)18/h4-8,11,13H,3H2,1-2H3,(H,15,16)/t8-,11-,20?/m0/s1. The number of rotatable bonds is 7. The van der Waals surface area contributed by atoms with Crippen LogP contribution in [0.25, 0.3) is 0 Å². The lowest BCUT2D eigenvalue weighted by Crippen LogP contribution is -2.45. The summed E-state index contributed by atoms with van der Waals surface area (Å²) in [5.74, 6) is -1.38. The van der Waals surface area contributed by atoms with Crippen LogP contribution in [0.2, 0.25) is 0 Å². The Morgan fingerprint density at radius 3 is 2.60 bits per heavy atom. The van der Waals surface area contributed by atoms with Gasteiger partial charge in [0.15, 0.2) is 6.04 Å². The van der Waals surface area contributed by atoms with Crippen LogP contribution in [0.1, 0.15) is 20.3 Å². The summed E-state index contributed by atoms with van der Waals surface area (Å²) >= 11 is -1.96. The molecule has 1 aromatic carbocycles. The van der Waals surface area contributed by atoms with Crippen molar-refractivity contribution in [2.24, 2.45) is 5.92 Å². The van der Waals surface area contributed by atoms with Gasteiger partial charge in [-0.3, -0.25) is 14.9 Å². The predicted octanol–water partition coefficient (Wildman–Crippen LogP) is 1.71. The molecule has 0 fully saturated rings. The van der Waals surface area contributed by atoms with Crippen molar-refractivity contribution in [2.75, 3.05) is 0 Å². The van der Waals surface area contributed by atoms with E-state index < -0.39 is 28.3 Å². The lowest BCUT2D eigenvalue weighted by Gasteiger charge is -2.20. The van der Waals surface area contributed by atoms with Gasteiger partial charge < -0.3 is 9.66 Å². The number of hydrogen-bond acceptors (Lipinski definition) is 5. The highest BCUT2D eigenvalue weighted by Crippen LogP contribution is 2.23. The minimum atomic E-state index is -1.96. The molecule has 0 heterocycles. The van der Waals surface area contributed by atoms with E-state index in [1.165, 1.54) is 24.3 Å². The quantitative estimate of drug-likeness (QED) is 0.450. The molecule has 1 unspecified atom stereocenters. The maximum absolute atomic E-state index is 12.1. The van der Waals surface area contributed by atoms with Crippen LogP contribution in [-0.4, -0.2) is 26.6 Å². The van der Waals surface area contributed by atoms with Crippen LogP contribution in [0.15, 0.2) is 29.2 Å². The fourth-order valence-electron chi connectivity index (χ4n) is 1.59. The third-order valence-electron chi connectivity index (χ3n) is 2.97. The van der Waals surface area contributed by atoms with Crippen molar-refractivity contribution in [1.29, 1.82) is 0 Å². The first-order valence-corrected chi connectivity index (χ1v) is 7.17. The van der Waals surface area contributed by atoms with E-state index in [-0.39, 0.29) is 16.5 Å². The molecule has 7 nitrogen and oxygen atoms in total. The molecule has 20 heavy (non-hydrogen) atoms. The lowest BCUT2D eigenvalue weighted by molar-refractivity contribution is -0.387. The molecule has 3 atom stereocenters. The van der Waals surface area contributed by atoms with Crippen molar-refractivity contribution in [3.63, 3.8) is 0 Å². The molecule has 0 amide bonds. The van der Waals surface area contributed by atoms with Crippen LogP contribution < -0.4 is 4.72 Å². The van der Waals surface area contributed by atoms with E-state index in [1.807, 2.05) is 6.92 Å². The SMILES string of the molecule is CC[C@H](C)[C@H](N[S+]([O-])c1ccccc1[N+](=O)[O-])C(=O)O. The normalized spacial score (nSPS) is 15.3. The van der Waals surface area contributed by atoms with Gasteiger partial charge in [-0.05, 0) is 5.92 Å². The van der Waals surface area contributed by atoms with Crippen LogP contribution in [0.5, 0.6) is 0 Å². The number of carboxylic acids is 1. The topological polar surface area (TPSA) is 116 Å². The number of aliphatic carboxylic acids is 1. The van der Waals surface area contributed by atoms with Gasteiger partial charge in [-0.15, -0.1) is 4.72 Å². The minimum Gasteiger partial charge on any atom is -0.593 e. The van der Waals surface area contributed by atoms with Crippen molar-refractivity contribution >= 4 is 23.0 Å². The summed E-state index contributed by atoms with van der Waals surface area (Å²) in [7, 11) is 0. The summed E-state index contributed by atoms with van der Waals surface area (Å²) in [6.45, 7) is 3.53. The van der Waals surface area contributed by atoms with Gasteiger partial charge in [0.1, 0.15) is 0 Å². The number of nitrogens with zero attached hydrogens (tertiary/aromatic N) is 1. The van der Waals surface area contributed by atoms with E-state index >= 15 is 0 Å². The second kappa shape index (κ2) is 7.22. The smallest absolute Gasteiger partial charge is 0.325 e. The van der Waals surface area contributed by atoms with Gasteiger partial charge in [0.25, 0.3) is 4.90 Å². The monoisotopic (exact) mass is 300 g/mol. The number of para-hydroxylation sites is 1. The van der Waals surface area contributed by atoms with E-state index in [2.05, 4.69) is 4.72 Å². The van der Waals surface area contributed by atoms with E-state index in [0.29, 0.717) is 6.42 Å². The Balaban J connectivity index is 2.97. The number of hydrogen-bond donors (Lipinski definition) is 2. The summed E-state index contributed by atoms with van der Waals surface area (Å²) in [5, 5.41) is 20.0. The second-order valence-electron chi connectivity index (χ2n) is 4.31. The summed E-state index contributed by atoms with van der Waals surface area (Å²) in [4.78, 5) is 21.3. The zero-order valence-electron chi connectivity index (χ0n) is 11.1. The molecule has 1 rings (SSSR count). The molecule has 8 heteroatoms. The first-order chi connectivity index (χ1) is 9.38. The summed E-state index contributed by atoms with van der Waals surface area (Å²) in [6.07, 6.45) is 0.581. The zero-order chi connectivity index (χ0) is 15.3. The molecule has 0 bridgehead atoms. The summed E-state index contributed by atoms with van der Waals surface area (Å²) in [6, 6.07) is 4.52. The Morgan fingerprint density at radius 1 is 1.50 bits per heavy atom. The lowest BCUT2D eigenvalue weighted by atomic mass is 10.0. The van der Waals surface area contributed by atoms with E-state index in [0.717, 1.165) is 0 Å². The van der Waals surface area contributed by atoms with Gasteiger partial charge >= 0.3 is 11.7 Å². The van der Waals surface area contributed by atoms with Gasteiger partial charge in [-0.25, -0.2) is 0 Å². The van der Waals surface area contributed by atoms with Gasteiger partial charge in [-0.2, -0.15) is 0 Å². The molecule has 0 aliphatic heterocycles. The first-order valence-electron chi connectivity index (χ1n) is 6.02. The summed E-state index contributed by atoms with van der Waals surface area (Å²) in [5.41, 5.74) is -0.299. The molecule has 0 aliphatic carbocycles. The predicted molar refractivity (Wildman–Crippen MR) is 73.5 cm³/mol. The minimum absolute atomic E-state index is 0.0351. The number of nitro groups is 1. The van der Waals surface area contributed by atoms with E-state index in [4.69, 9.17) is 5.11 Å². The van der Waals surface area contributed by atoms with Crippen molar-refractivity contribution in [1.82, 2.24) is 4.72 Å². The average Bonchev–Trinajstić information content (AvgIpc) is 2.43. The Labute approximate surface area is 119 Å². The van der Waals surface area contributed by atoms with Crippen LogP contribution in [-0.2, 0) is 16.2 Å². The highest BCUT2D eigenvalue weighted by Gasteiger charge is 2.32. The first kappa shape index (κ1) is 16.4. The molecule has 110 valence electrons. The fourth-order valence-corrected chi connectivity index (χ4v) is 2.81. The molecular weight excluding hydrogens is 284 g/mol. The third-order valence-corrected chi connectivity index (χ3v) is 4.19. The molecule has 0 radical (unpaired) electrons. The van der Waals surface area contributed by atoms with Crippen molar-refractivity contribution in [3.8, 4) is 0 Å². The molecule has 0 aromatic heterocycles. The Kier molecular flexibility index (Phi) is 5.93. The van der Waals surface area contributed by atoms with Crippen LogP contribution in [0, 0.1) is 16.0 Å². The molecule has 0 saturated carbocycles. The van der Waals surface area contributed by atoms with Crippen molar-refractivity contribution < 1.29 is 19.4 Å². The zero-order valence-corrected chi connectivity index (χ0v) is 11.9. The molecule has 0 saturated heterocycles. The fraction of sp³-hybridized carbons (Fsp3) is 0.417. The van der Waals surface area contributed by atoms with Gasteiger partial charge in [0.05, 0.1) is 16.3 Å². The molecule has 2 N–H and O–H groups in total. The van der Waals surface area contributed by atoms with Crippen molar-refractivity contribution in [3.05, 3.63) is 34.4 Å². The van der Waals surface area contributed by atoms with Gasteiger partial charge in [0, 0.05) is 12.1 Å². The van der Waals surface area contributed by atoms with Crippen LogP contribution in [0.3, 0.4) is 0 Å². The molecule has 0 aliphatic rings. The highest BCUT2D eigenvalue weighted by molar-refractivity contribution is 7.89. The number of carboxylic acid groups (broad SMARTS) is 1. The average molecular weight is 300 g/mol. The number of carbonyl (C=O) groups is 1. The highest BCUT2D eigenvalue weighted by atomic mass is 32.2. The Bertz CT molecular complexity index is 496. The maximum Gasteiger partial charge on any atom is 0.325 e. The largest absolute Gasteiger partial charge is 0.593 e. The van der Waals surface area contributed by atoms with Crippen LogP contribution >= 0.6 is 0 Å². The second-order valence-corrected chi connectivity index (χ2v) is 5.53. The van der Waals surface area contributed by atoms with E-state index in [9.17, 15) is 19.5 Å². The maximum atomic E-state index is 12.1. The summed E-state index contributed by atoms with van der Waals surface area (Å²) < 4.78 is 14.6. The molecular formula is C12H16N2O5S. The number of benzene rings is 1. The molecule has 0 spiro atoms. The van der Waals surface area contributed by atoms with Crippen LogP contribution in [0.4, 0.5) is 5.69 Å². The molecule has 1 aromatic rings. The Hall–Kier alpha value is -1.64. The third kappa shape index (κ3) is 3.92.